The Kier molecular flexibility index (Phi) is 4.27. The van der Waals surface area contributed by atoms with Gasteiger partial charge in [0.1, 0.15) is 4.90 Å². The predicted molar refractivity (Wildman–Crippen MR) is 71.2 cm³/mol. The maximum atomic E-state index is 13.0. The third-order valence-electron chi connectivity index (χ3n) is 3.60. The average Bonchev–Trinajstić information content (AvgIpc) is 2.38. The molecule has 116 valence electrons. The van der Waals surface area contributed by atoms with Gasteiger partial charge in [0.05, 0.1) is 0 Å². The van der Waals surface area contributed by atoms with Crippen molar-refractivity contribution in [2.75, 3.05) is 0 Å². The Hall–Kier alpha value is -1.57. The topological polar surface area (TPSA) is 76.1 Å². The van der Waals surface area contributed by atoms with Gasteiger partial charge in [0.15, 0.2) is 0 Å². The molecular formula is C13H16F2N2O3S. The molecule has 1 heterocycles. The van der Waals surface area contributed by atoms with E-state index >= 15 is 0 Å². The summed E-state index contributed by atoms with van der Waals surface area (Å²) < 4.78 is 52.3. The fourth-order valence-electron chi connectivity index (χ4n) is 2.30. The molecule has 0 atom stereocenters. The highest BCUT2D eigenvalue weighted by Gasteiger charge is 2.38. The zero-order valence-corrected chi connectivity index (χ0v) is 12.3. The molecule has 1 aliphatic carbocycles. The number of carbonyl (C=O) groups excluding carboxylic acids is 1. The standard InChI is InChI=1S/C13H16F2N2O3S/c1-9-4-7-16-8-11(9)21(19,20)17-12(18)10-2-5-13(14,15)6-3-10/h4,7-8,10H,2-3,5-6H2,1H3,(H,17,18). The molecule has 1 aromatic rings. The van der Waals surface area contributed by atoms with Gasteiger partial charge in [-0.25, -0.2) is 21.9 Å². The number of aromatic nitrogens is 1. The van der Waals surface area contributed by atoms with E-state index in [4.69, 9.17) is 0 Å². The SMILES string of the molecule is Cc1ccncc1S(=O)(=O)NC(=O)C1CCC(F)(F)CC1. The Morgan fingerprint density at radius 2 is 2.00 bits per heavy atom. The van der Waals surface area contributed by atoms with E-state index in [1.807, 2.05) is 4.72 Å². The Labute approximate surface area is 121 Å². The highest BCUT2D eigenvalue weighted by Crippen LogP contribution is 2.36. The summed E-state index contributed by atoms with van der Waals surface area (Å²) in [5.74, 6) is -4.18. The monoisotopic (exact) mass is 318 g/mol. The lowest BCUT2D eigenvalue weighted by Gasteiger charge is -2.27. The smallest absolute Gasteiger partial charge is 0.265 e. The van der Waals surface area contributed by atoms with E-state index < -0.39 is 40.6 Å². The Balaban J connectivity index is 2.08. The predicted octanol–water partition coefficient (Wildman–Crippen LogP) is 2.02. The second-order valence-electron chi connectivity index (χ2n) is 5.24. The summed E-state index contributed by atoms with van der Waals surface area (Å²) in [6.07, 6.45) is 1.79. The van der Waals surface area contributed by atoms with Crippen LogP contribution in [0, 0.1) is 12.8 Å². The number of carbonyl (C=O) groups is 1. The lowest BCUT2D eigenvalue weighted by Crippen LogP contribution is -2.39. The van der Waals surface area contributed by atoms with Crippen molar-refractivity contribution in [3.05, 3.63) is 24.0 Å². The molecule has 8 heteroatoms. The zero-order valence-electron chi connectivity index (χ0n) is 11.5. The number of amides is 1. The number of nitrogens with one attached hydrogen (secondary N) is 1. The summed E-state index contributed by atoms with van der Waals surface area (Å²) in [6.45, 7) is 1.59. The number of alkyl halides is 2. The van der Waals surface area contributed by atoms with E-state index in [0.29, 0.717) is 5.56 Å². The summed E-state index contributed by atoms with van der Waals surface area (Å²) in [5.41, 5.74) is 0.459. The molecule has 21 heavy (non-hydrogen) atoms. The van der Waals surface area contributed by atoms with Gasteiger partial charge >= 0.3 is 0 Å². The van der Waals surface area contributed by atoms with Gasteiger partial charge in [-0.15, -0.1) is 0 Å². The number of hydrogen-bond donors (Lipinski definition) is 1. The maximum Gasteiger partial charge on any atom is 0.265 e. The van der Waals surface area contributed by atoms with Crippen molar-refractivity contribution in [1.29, 1.82) is 0 Å². The largest absolute Gasteiger partial charge is 0.274 e. The highest BCUT2D eigenvalue weighted by molar-refractivity contribution is 7.90. The molecule has 2 rings (SSSR count). The van der Waals surface area contributed by atoms with Gasteiger partial charge < -0.3 is 0 Å². The van der Waals surface area contributed by atoms with E-state index in [0.717, 1.165) is 6.20 Å². The molecule has 1 saturated carbocycles. The minimum absolute atomic E-state index is 0.0135. The zero-order chi connectivity index (χ0) is 15.7. The van der Waals surface area contributed by atoms with Crippen molar-refractivity contribution in [3.63, 3.8) is 0 Å². The van der Waals surface area contributed by atoms with Crippen molar-refractivity contribution in [1.82, 2.24) is 9.71 Å². The number of rotatable bonds is 3. The summed E-state index contributed by atoms with van der Waals surface area (Å²) >= 11 is 0. The van der Waals surface area contributed by atoms with Gasteiger partial charge in [0.25, 0.3) is 10.0 Å². The van der Waals surface area contributed by atoms with Crippen LogP contribution in [0.15, 0.2) is 23.4 Å². The summed E-state index contributed by atoms with van der Waals surface area (Å²) in [5, 5.41) is 0. The van der Waals surface area contributed by atoms with Crippen LogP contribution in [0.2, 0.25) is 0 Å². The fraction of sp³-hybridized carbons (Fsp3) is 0.538. The Morgan fingerprint density at radius 1 is 1.38 bits per heavy atom. The van der Waals surface area contributed by atoms with E-state index in [1.165, 1.54) is 12.3 Å². The van der Waals surface area contributed by atoms with Crippen LogP contribution >= 0.6 is 0 Å². The van der Waals surface area contributed by atoms with Gasteiger partial charge in [-0.2, -0.15) is 0 Å². The first-order valence-electron chi connectivity index (χ1n) is 6.56. The van der Waals surface area contributed by atoms with Gasteiger partial charge in [-0.3, -0.25) is 9.78 Å². The lowest BCUT2D eigenvalue weighted by molar-refractivity contribution is -0.127. The molecule has 5 nitrogen and oxygen atoms in total. The molecule has 1 N–H and O–H groups in total. The van der Waals surface area contributed by atoms with Crippen LogP contribution in [0.3, 0.4) is 0 Å². The number of sulfonamides is 1. The van der Waals surface area contributed by atoms with Gasteiger partial charge in [-0.1, -0.05) is 0 Å². The fourth-order valence-corrected chi connectivity index (χ4v) is 3.54. The molecule has 0 aliphatic heterocycles. The molecule has 0 bridgehead atoms. The third-order valence-corrected chi connectivity index (χ3v) is 5.08. The number of hydrogen-bond acceptors (Lipinski definition) is 4. The molecule has 1 fully saturated rings. The van der Waals surface area contributed by atoms with Gasteiger partial charge in [0.2, 0.25) is 11.8 Å². The Morgan fingerprint density at radius 3 is 2.57 bits per heavy atom. The lowest BCUT2D eigenvalue weighted by atomic mass is 9.86. The van der Waals surface area contributed by atoms with Gasteiger partial charge in [0, 0.05) is 31.2 Å². The molecule has 0 saturated heterocycles. The van der Waals surface area contributed by atoms with E-state index in [-0.39, 0.29) is 17.7 Å². The Bertz CT molecular complexity index is 637. The minimum Gasteiger partial charge on any atom is -0.274 e. The molecule has 0 spiro atoms. The molecule has 0 unspecified atom stereocenters. The van der Waals surface area contributed by atoms with E-state index in [9.17, 15) is 22.0 Å². The third kappa shape index (κ3) is 3.75. The van der Waals surface area contributed by atoms with Crippen molar-refractivity contribution in [2.45, 2.75) is 43.4 Å². The average molecular weight is 318 g/mol. The van der Waals surface area contributed by atoms with E-state index in [1.54, 1.807) is 6.92 Å². The number of pyridine rings is 1. The second-order valence-corrected chi connectivity index (χ2v) is 6.89. The second kappa shape index (κ2) is 5.67. The van der Waals surface area contributed by atoms with Crippen LogP contribution in [0.25, 0.3) is 0 Å². The van der Waals surface area contributed by atoms with E-state index in [2.05, 4.69) is 4.98 Å². The van der Waals surface area contributed by atoms with Crippen LogP contribution in [0.1, 0.15) is 31.2 Å². The molecule has 1 aliphatic rings. The van der Waals surface area contributed by atoms with Crippen LogP contribution in [0.5, 0.6) is 0 Å². The first-order valence-corrected chi connectivity index (χ1v) is 8.05. The summed E-state index contributed by atoms with van der Waals surface area (Å²) in [6, 6.07) is 1.51. The first kappa shape index (κ1) is 15.8. The van der Waals surface area contributed by atoms with Crippen molar-refractivity contribution in [3.8, 4) is 0 Å². The molecule has 1 aromatic heterocycles. The first-order chi connectivity index (χ1) is 9.71. The molecule has 0 aromatic carbocycles. The number of nitrogens with zero attached hydrogens (tertiary/aromatic N) is 1. The molecule has 1 amide bonds. The van der Waals surface area contributed by atoms with Crippen LogP contribution in [-0.4, -0.2) is 25.2 Å². The molecular weight excluding hydrogens is 302 g/mol. The normalized spacial score (nSPS) is 19.2. The summed E-state index contributed by atoms with van der Waals surface area (Å²) in [7, 11) is -4.02. The highest BCUT2D eigenvalue weighted by atomic mass is 32.2. The minimum atomic E-state index is -4.02. The summed E-state index contributed by atoms with van der Waals surface area (Å²) in [4.78, 5) is 15.6. The van der Waals surface area contributed by atoms with Gasteiger partial charge in [-0.05, 0) is 31.4 Å². The quantitative estimate of drug-likeness (QED) is 0.925. The van der Waals surface area contributed by atoms with Crippen molar-refractivity contribution >= 4 is 15.9 Å². The van der Waals surface area contributed by atoms with Crippen molar-refractivity contribution < 1.29 is 22.0 Å². The van der Waals surface area contributed by atoms with Crippen LogP contribution in [0.4, 0.5) is 8.78 Å². The van der Waals surface area contributed by atoms with Crippen LogP contribution in [-0.2, 0) is 14.8 Å². The van der Waals surface area contributed by atoms with Crippen molar-refractivity contribution in [2.24, 2.45) is 5.92 Å². The number of halogens is 2. The van der Waals surface area contributed by atoms with Crippen LogP contribution < -0.4 is 4.72 Å². The molecule has 0 radical (unpaired) electrons. The number of aryl methyl sites for hydroxylation is 1. The maximum absolute atomic E-state index is 13.0.